The van der Waals surface area contributed by atoms with Crippen LogP contribution in [0.3, 0.4) is 0 Å². The van der Waals surface area contributed by atoms with Gasteiger partial charge in [0.1, 0.15) is 5.82 Å². The van der Waals surface area contributed by atoms with E-state index in [1.165, 1.54) is 23.5 Å². The Kier molecular flexibility index (Phi) is 6.47. The van der Waals surface area contributed by atoms with Crippen LogP contribution in [0, 0.1) is 19.7 Å². The third-order valence-electron chi connectivity index (χ3n) is 6.55. The van der Waals surface area contributed by atoms with E-state index in [1.54, 1.807) is 32.7 Å². The number of aryl methyl sites for hydroxylation is 2. The molecule has 1 aliphatic rings. The van der Waals surface area contributed by atoms with Crippen molar-refractivity contribution < 1.29 is 12.8 Å². The van der Waals surface area contributed by atoms with E-state index >= 15 is 0 Å². The van der Waals surface area contributed by atoms with Crippen LogP contribution in [-0.2, 0) is 10.0 Å². The molecule has 0 amide bonds. The van der Waals surface area contributed by atoms with Gasteiger partial charge < -0.3 is 0 Å². The number of hydrogen-bond donors (Lipinski definition) is 0. The monoisotopic (exact) mass is 513 g/mol. The summed E-state index contributed by atoms with van der Waals surface area (Å²) in [6, 6.07) is 10.4. The van der Waals surface area contributed by atoms with Crippen molar-refractivity contribution in [1.82, 2.24) is 24.0 Å². The summed E-state index contributed by atoms with van der Waals surface area (Å²) < 4.78 is 43.5. The Balaban J connectivity index is 1.52. The second-order valence-electron chi connectivity index (χ2n) is 8.92. The highest BCUT2D eigenvalue weighted by atomic mass is 32.2. The molecule has 3 heterocycles. The zero-order valence-corrected chi connectivity index (χ0v) is 21.6. The number of sulfonamides is 1. The molecule has 0 aliphatic carbocycles. The predicted octanol–water partition coefficient (Wildman–Crippen LogP) is 4.70. The molecule has 0 N–H and O–H groups in total. The van der Waals surface area contributed by atoms with Crippen molar-refractivity contribution in [2.75, 3.05) is 26.2 Å². The van der Waals surface area contributed by atoms with Crippen molar-refractivity contribution >= 4 is 32.3 Å². The lowest BCUT2D eigenvalue weighted by atomic mass is 9.96. The molecule has 0 bridgehead atoms. The first-order valence-corrected chi connectivity index (χ1v) is 14.0. The number of piperazine rings is 1. The van der Waals surface area contributed by atoms with Gasteiger partial charge in [0, 0.05) is 36.4 Å². The average molecular weight is 514 g/mol. The molecule has 1 aliphatic heterocycles. The van der Waals surface area contributed by atoms with Crippen LogP contribution in [-0.4, -0.2) is 58.6 Å². The molecule has 4 aromatic rings. The van der Waals surface area contributed by atoms with E-state index in [2.05, 4.69) is 41.0 Å². The third kappa shape index (κ3) is 4.51. The molecular formula is C25H28FN5O2S2. The molecule has 1 fully saturated rings. The number of fused-ring (bicyclic) bond motifs is 1. The molecular weight excluding hydrogens is 485 g/mol. The molecule has 1 atom stereocenters. The van der Waals surface area contributed by atoms with Gasteiger partial charge in [-0.25, -0.2) is 22.5 Å². The lowest BCUT2D eigenvalue weighted by Crippen LogP contribution is -2.50. The molecule has 0 radical (unpaired) electrons. The molecule has 2 aromatic carbocycles. The number of halogens is 1. The molecule has 10 heteroatoms. The summed E-state index contributed by atoms with van der Waals surface area (Å²) in [6.07, 6.45) is 2.79. The minimum Gasteiger partial charge on any atom is -0.294 e. The Labute approximate surface area is 208 Å². The fourth-order valence-corrected chi connectivity index (χ4v) is 7.14. The Morgan fingerprint density at radius 3 is 2.60 bits per heavy atom. The van der Waals surface area contributed by atoms with Crippen molar-refractivity contribution in [3.05, 3.63) is 69.9 Å². The molecule has 5 rings (SSSR count). The van der Waals surface area contributed by atoms with Gasteiger partial charge in [-0.3, -0.25) is 4.90 Å². The SMILES string of the molecule is CCCN1CCN(S(=O)(=O)c2csc(C)n2)C[C@H]1c1cc2cnn(-c3ccc(F)cc3)c2cc1C. The van der Waals surface area contributed by atoms with E-state index in [0.717, 1.165) is 45.7 Å². The number of nitrogens with zero attached hydrogens (tertiary/aromatic N) is 5. The van der Waals surface area contributed by atoms with Crippen molar-refractivity contribution in [1.29, 1.82) is 0 Å². The van der Waals surface area contributed by atoms with Gasteiger partial charge in [-0.1, -0.05) is 6.92 Å². The van der Waals surface area contributed by atoms with Crippen LogP contribution >= 0.6 is 11.3 Å². The topological polar surface area (TPSA) is 71.3 Å². The van der Waals surface area contributed by atoms with Gasteiger partial charge in [-0.15, -0.1) is 11.3 Å². The predicted molar refractivity (Wildman–Crippen MR) is 136 cm³/mol. The maximum absolute atomic E-state index is 13.4. The maximum Gasteiger partial charge on any atom is 0.261 e. The van der Waals surface area contributed by atoms with Crippen LogP contribution in [0.25, 0.3) is 16.6 Å². The minimum absolute atomic E-state index is 0.0724. The lowest BCUT2D eigenvalue weighted by Gasteiger charge is -2.41. The van der Waals surface area contributed by atoms with E-state index in [4.69, 9.17) is 0 Å². The van der Waals surface area contributed by atoms with Crippen molar-refractivity contribution in [2.24, 2.45) is 0 Å². The Bertz CT molecular complexity index is 1460. The van der Waals surface area contributed by atoms with Gasteiger partial charge in [-0.05, 0) is 74.3 Å². The average Bonchev–Trinajstić information content (AvgIpc) is 3.46. The van der Waals surface area contributed by atoms with E-state index in [9.17, 15) is 12.8 Å². The fraction of sp³-hybridized carbons (Fsp3) is 0.360. The molecule has 35 heavy (non-hydrogen) atoms. The standard InChI is InChI=1S/C25H28FN5O2S2/c1-4-9-29-10-11-30(35(32,33)25-16-34-18(3)28-25)15-24(29)22-13-19-14-27-31(23(19)12-17(22)2)21-7-5-20(26)6-8-21/h5-8,12-14,16,24H,4,9-11,15H2,1-3H3/t24-/m0/s1. The largest absolute Gasteiger partial charge is 0.294 e. The Hall–Kier alpha value is -2.66. The minimum atomic E-state index is -3.65. The van der Waals surface area contributed by atoms with Crippen molar-refractivity contribution in [3.8, 4) is 5.69 Å². The van der Waals surface area contributed by atoms with Crippen LogP contribution in [0.15, 0.2) is 53.0 Å². The second kappa shape index (κ2) is 9.42. The molecule has 0 saturated carbocycles. The Morgan fingerprint density at radius 1 is 1.14 bits per heavy atom. The summed E-state index contributed by atoms with van der Waals surface area (Å²) in [7, 11) is -3.65. The summed E-state index contributed by atoms with van der Waals surface area (Å²) in [5.41, 5.74) is 3.88. The van der Waals surface area contributed by atoms with E-state index in [-0.39, 0.29) is 16.9 Å². The van der Waals surface area contributed by atoms with Gasteiger partial charge in [0.05, 0.1) is 22.4 Å². The highest BCUT2D eigenvalue weighted by Gasteiger charge is 2.36. The molecule has 184 valence electrons. The number of benzene rings is 2. The number of rotatable bonds is 6. The smallest absolute Gasteiger partial charge is 0.261 e. The zero-order valence-electron chi connectivity index (χ0n) is 20.0. The van der Waals surface area contributed by atoms with Gasteiger partial charge in [0.2, 0.25) is 0 Å². The van der Waals surface area contributed by atoms with E-state index < -0.39 is 10.0 Å². The summed E-state index contributed by atoms with van der Waals surface area (Å²) in [5, 5.41) is 8.00. The summed E-state index contributed by atoms with van der Waals surface area (Å²) >= 11 is 1.35. The molecule has 0 unspecified atom stereocenters. The van der Waals surface area contributed by atoms with Crippen molar-refractivity contribution in [3.63, 3.8) is 0 Å². The molecule has 2 aromatic heterocycles. The number of aromatic nitrogens is 3. The fourth-order valence-electron chi connectivity index (χ4n) is 4.80. The first-order valence-electron chi connectivity index (χ1n) is 11.7. The number of thiazole rings is 1. The third-order valence-corrected chi connectivity index (χ3v) is 9.22. The Morgan fingerprint density at radius 2 is 1.91 bits per heavy atom. The second-order valence-corrected chi connectivity index (χ2v) is 11.9. The highest BCUT2D eigenvalue weighted by Crippen LogP contribution is 2.34. The maximum atomic E-state index is 13.4. The van der Waals surface area contributed by atoms with Gasteiger partial charge >= 0.3 is 0 Å². The number of hydrogen-bond acceptors (Lipinski definition) is 6. The highest BCUT2D eigenvalue weighted by molar-refractivity contribution is 7.89. The van der Waals surface area contributed by atoms with Crippen LogP contribution < -0.4 is 0 Å². The summed E-state index contributed by atoms with van der Waals surface area (Å²) in [6.45, 7) is 8.37. The van der Waals surface area contributed by atoms with Gasteiger partial charge in [0.15, 0.2) is 5.03 Å². The van der Waals surface area contributed by atoms with E-state index in [0.29, 0.717) is 19.6 Å². The van der Waals surface area contributed by atoms with Crippen LogP contribution in [0.1, 0.15) is 35.5 Å². The normalized spacial score (nSPS) is 17.9. The molecule has 7 nitrogen and oxygen atoms in total. The first-order chi connectivity index (χ1) is 16.8. The lowest BCUT2D eigenvalue weighted by molar-refractivity contribution is 0.118. The van der Waals surface area contributed by atoms with Crippen LogP contribution in [0.2, 0.25) is 0 Å². The molecule has 0 spiro atoms. The first kappa shape index (κ1) is 24.1. The van der Waals surface area contributed by atoms with E-state index in [1.807, 2.05) is 6.92 Å². The summed E-state index contributed by atoms with van der Waals surface area (Å²) in [4.78, 5) is 6.62. The molecule has 1 saturated heterocycles. The van der Waals surface area contributed by atoms with Crippen molar-refractivity contribution in [2.45, 2.75) is 38.3 Å². The van der Waals surface area contributed by atoms with Crippen LogP contribution in [0.4, 0.5) is 4.39 Å². The van der Waals surface area contributed by atoms with Gasteiger partial charge in [-0.2, -0.15) is 9.40 Å². The van der Waals surface area contributed by atoms with Gasteiger partial charge in [0.25, 0.3) is 10.0 Å². The van der Waals surface area contributed by atoms with Crippen LogP contribution in [0.5, 0.6) is 0 Å². The zero-order chi connectivity index (χ0) is 24.7. The quantitative estimate of drug-likeness (QED) is 0.374. The summed E-state index contributed by atoms with van der Waals surface area (Å²) in [5.74, 6) is -0.288.